The fourth-order valence-corrected chi connectivity index (χ4v) is 4.24. The minimum Gasteiger partial charge on any atom is -0.313 e. The first-order valence-electron chi connectivity index (χ1n) is 6.89. The van der Waals surface area contributed by atoms with Gasteiger partial charge in [0, 0.05) is 33.4 Å². The highest BCUT2D eigenvalue weighted by Crippen LogP contribution is 2.27. The Bertz CT molecular complexity index is 352. The van der Waals surface area contributed by atoms with E-state index in [0.29, 0.717) is 6.04 Å². The zero-order chi connectivity index (χ0) is 13.0. The van der Waals surface area contributed by atoms with Gasteiger partial charge in [0.05, 0.1) is 0 Å². The second kappa shape index (κ2) is 7.04. The van der Waals surface area contributed by atoms with Crippen LogP contribution in [0.4, 0.5) is 0 Å². The van der Waals surface area contributed by atoms with Gasteiger partial charge in [0.25, 0.3) is 0 Å². The van der Waals surface area contributed by atoms with Crippen LogP contribution in [0.2, 0.25) is 0 Å². The molecule has 2 rings (SSSR count). The predicted molar refractivity (Wildman–Crippen MR) is 83.3 cm³/mol. The van der Waals surface area contributed by atoms with Crippen LogP contribution in [0.5, 0.6) is 0 Å². The van der Waals surface area contributed by atoms with Crippen LogP contribution >= 0.6 is 27.3 Å². The molecule has 1 unspecified atom stereocenters. The van der Waals surface area contributed by atoms with Crippen LogP contribution in [0.15, 0.2) is 10.5 Å². The third-order valence-electron chi connectivity index (χ3n) is 3.47. The van der Waals surface area contributed by atoms with Gasteiger partial charge in [-0.05, 0) is 61.3 Å². The average Bonchev–Trinajstić information content (AvgIpc) is 2.91. The van der Waals surface area contributed by atoms with Crippen molar-refractivity contribution < 1.29 is 0 Å². The molecule has 2 heterocycles. The molecule has 0 aromatic carbocycles. The molecule has 1 saturated heterocycles. The van der Waals surface area contributed by atoms with Crippen molar-refractivity contribution in [2.75, 3.05) is 19.6 Å². The highest BCUT2D eigenvalue weighted by atomic mass is 79.9. The van der Waals surface area contributed by atoms with Crippen molar-refractivity contribution in [3.63, 3.8) is 0 Å². The lowest BCUT2D eigenvalue weighted by Crippen LogP contribution is -2.37. The number of rotatable bonds is 6. The van der Waals surface area contributed by atoms with Crippen LogP contribution in [-0.2, 0) is 6.54 Å². The molecule has 102 valence electrons. The highest BCUT2D eigenvalue weighted by molar-refractivity contribution is 9.10. The molecule has 1 fully saturated rings. The molecular weight excluding hydrogens is 308 g/mol. The Balaban J connectivity index is 1.92. The Kier molecular flexibility index (Phi) is 5.67. The van der Waals surface area contributed by atoms with E-state index in [1.165, 1.54) is 53.1 Å². The van der Waals surface area contributed by atoms with E-state index in [9.17, 15) is 0 Å². The summed E-state index contributed by atoms with van der Waals surface area (Å²) < 4.78 is 1.26. The lowest BCUT2D eigenvalue weighted by molar-refractivity contribution is 0.243. The van der Waals surface area contributed by atoms with Gasteiger partial charge in [-0.1, -0.05) is 6.92 Å². The summed E-state index contributed by atoms with van der Waals surface area (Å²) in [7, 11) is 0. The van der Waals surface area contributed by atoms with Crippen molar-refractivity contribution in [2.45, 2.75) is 45.7 Å². The lowest BCUT2D eigenvalue weighted by atomic mass is 10.2. The van der Waals surface area contributed by atoms with Crippen LogP contribution in [-0.4, -0.2) is 30.6 Å². The summed E-state index contributed by atoms with van der Waals surface area (Å²) in [5.74, 6) is 0. The first kappa shape index (κ1) is 14.5. The van der Waals surface area contributed by atoms with Crippen LogP contribution in [0.25, 0.3) is 0 Å². The largest absolute Gasteiger partial charge is 0.313 e. The molecule has 2 nitrogen and oxygen atoms in total. The van der Waals surface area contributed by atoms with Crippen LogP contribution in [0.1, 0.15) is 35.9 Å². The van der Waals surface area contributed by atoms with Gasteiger partial charge >= 0.3 is 0 Å². The van der Waals surface area contributed by atoms with Gasteiger partial charge in [-0.15, -0.1) is 11.3 Å². The van der Waals surface area contributed by atoms with E-state index < -0.39 is 0 Å². The number of nitrogens with zero attached hydrogens (tertiary/aromatic N) is 1. The second-order valence-electron chi connectivity index (χ2n) is 5.15. The Morgan fingerprint density at radius 2 is 2.39 bits per heavy atom. The maximum absolute atomic E-state index is 3.61. The van der Waals surface area contributed by atoms with Gasteiger partial charge in [0.1, 0.15) is 0 Å². The lowest BCUT2D eigenvalue weighted by Gasteiger charge is -2.24. The molecule has 0 radical (unpaired) electrons. The summed E-state index contributed by atoms with van der Waals surface area (Å²) in [4.78, 5) is 5.46. The van der Waals surface area contributed by atoms with Gasteiger partial charge < -0.3 is 5.32 Å². The van der Waals surface area contributed by atoms with Crippen molar-refractivity contribution >= 4 is 27.3 Å². The van der Waals surface area contributed by atoms with E-state index in [-0.39, 0.29) is 0 Å². The molecule has 0 saturated carbocycles. The molecule has 0 bridgehead atoms. The standard InChI is InChI=1S/C14H23BrN2S/c1-3-7-17(9-12-5-4-6-16-12)10-13-8-14(15)11(2)18-13/h8,12,16H,3-7,9-10H2,1-2H3. The summed E-state index contributed by atoms with van der Waals surface area (Å²) in [5, 5.41) is 3.60. The third-order valence-corrected chi connectivity index (χ3v) is 5.59. The summed E-state index contributed by atoms with van der Waals surface area (Å²) in [6.45, 7) is 9.15. The van der Waals surface area contributed by atoms with Gasteiger partial charge in [-0.3, -0.25) is 4.90 Å². The number of halogens is 1. The molecule has 1 aliphatic rings. The summed E-state index contributed by atoms with van der Waals surface area (Å²) in [6, 6.07) is 2.99. The zero-order valence-corrected chi connectivity index (χ0v) is 13.7. The molecule has 1 aromatic rings. The molecule has 1 atom stereocenters. The molecule has 0 amide bonds. The van der Waals surface area contributed by atoms with Crippen molar-refractivity contribution in [3.05, 3.63) is 20.3 Å². The zero-order valence-electron chi connectivity index (χ0n) is 11.3. The SMILES string of the molecule is CCCN(Cc1cc(Br)c(C)s1)CC1CCCN1. The molecule has 18 heavy (non-hydrogen) atoms. The monoisotopic (exact) mass is 330 g/mol. The summed E-state index contributed by atoms with van der Waals surface area (Å²) in [6.07, 6.45) is 3.92. The molecule has 1 N–H and O–H groups in total. The fraction of sp³-hybridized carbons (Fsp3) is 0.714. The topological polar surface area (TPSA) is 15.3 Å². The number of hydrogen-bond donors (Lipinski definition) is 1. The van der Waals surface area contributed by atoms with Crippen molar-refractivity contribution in [3.8, 4) is 0 Å². The van der Waals surface area contributed by atoms with Gasteiger partial charge in [0.2, 0.25) is 0 Å². The summed E-state index contributed by atoms with van der Waals surface area (Å²) >= 11 is 5.53. The van der Waals surface area contributed by atoms with Crippen LogP contribution in [0.3, 0.4) is 0 Å². The maximum Gasteiger partial charge on any atom is 0.0329 e. The molecular formula is C14H23BrN2S. The van der Waals surface area contributed by atoms with Crippen molar-refractivity contribution in [1.29, 1.82) is 0 Å². The Labute approximate surface area is 123 Å². The van der Waals surface area contributed by atoms with Crippen LogP contribution < -0.4 is 5.32 Å². The molecule has 0 spiro atoms. The van der Waals surface area contributed by atoms with Gasteiger partial charge in [-0.25, -0.2) is 0 Å². The molecule has 1 aliphatic heterocycles. The normalized spacial score (nSPS) is 19.9. The number of hydrogen-bond acceptors (Lipinski definition) is 3. The average molecular weight is 331 g/mol. The maximum atomic E-state index is 3.61. The predicted octanol–water partition coefficient (Wildman–Crippen LogP) is 3.78. The van der Waals surface area contributed by atoms with Gasteiger partial charge in [0.15, 0.2) is 0 Å². The smallest absolute Gasteiger partial charge is 0.0329 e. The second-order valence-corrected chi connectivity index (χ2v) is 7.34. The highest BCUT2D eigenvalue weighted by Gasteiger charge is 2.18. The van der Waals surface area contributed by atoms with Crippen molar-refractivity contribution in [1.82, 2.24) is 10.2 Å². The number of aryl methyl sites for hydroxylation is 1. The molecule has 1 aromatic heterocycles. The minimum absolute atomic E-state index is 0.709. The quantitative estimate of drug-likeness (QED) is 0.853. The van der Waals surface area contributed by atoms with Crippen molar-refractivity contribution in [2.24, 2.45) is 0 Å². The number of nitrogens with one attached hydrogen (secondary N) is 1. The van der Waals surface area contributed by atoms with Crippen LogP contribution in [0, 0.1) is 6.92 Å². The Morgan fingerprint density at radius 1 is 1.56 bits per heavy atom. The summed E-state index contributed by atoms with van der Waals surface area (Å²) in [5.41, 5.74) is 0. The minimum atomic E-state index is 0.709. The van der Waals surface area contributed by atoms with Gasteiger partial charge in [-0.2, -0.15) is 0 Å². The number of thiophene rings is 1. The van der Waals surface area contributed by atoms with E-state index in [1.807, 2.05) is 11.3 Å². The molecule has 4 heteroatoms. The molecule has 0 aliphatic carbocycles. The Morgan fingerprint density at radius 3 is 2.94 bits per heavy atom. The first-order valence-corrected chi connectivity index (χ1v) is 8.50. The Hall–Kier alpha value is 0.1000. The van der Waals surface area contributed by atoms with E-state index in [1.54, 1.807) is 0 Å². The van der Waals surface area contributed by atoms with E-state index in [2.05, 4.69) is 46.1 Å². The fourth-order valence-electron chi connectivity index (χ4n) is 2.59. The van der Waals surface area contributed by atoms with E-state index >= 15 is 0 Å². The third kappa shape index (κ3) is 4.05. The first-order chi connectivity index (χ1) is 8.69. The van der Waals surface area contributed by atoms with E-state index in [4.69, 9.17) is 0 Å². The van der Waals surface area contributed by atoms with E-state index in [0.717, 1.165) is 6.54 Å².